The molecule has 29 heavy (non-hydrogen) atoms. The lowest BCUT2D eigenvalue weighted by Crippen LogP contribution is -2.58. The predicted molar refractivity (Wildman–Crippen MR) is 103 cm³/mol. The number of carbonyl (C=O) groups excluding carboxylic acids is 3. The molecule has 0 aromatic heterocycles. The van der Waals surface area contributed by atoms with E-state index in [9.17, 15) is 19.5 Å². The standard InChI is InChI=1S/C22H30O7/c1-13-6-9-16-21(2,19(25)27-3)10-5-11-22(16,20(26)28-4)15(13)8-7-14-12-17(23)29-18(14)24/h12,15-16,18,24H,1,5-11H2,2-4H3. The quantitative estimate of drug-likeness (QED) is 0.426. The Morgan fingerprint density at radius 3 is 2.55 bits per heavy atom. The van der Waals surface area contributed by atoms with Crippen LogP contribution in [0.15, 0.2) is 23.8 Å². The van der Waals surface area contributed by atoms with Gasteiger partial charge in [-0.3, -0.25) is 9.59 Å². The van der Waals surface area contributed by atoms with Crippen molar-refractivity contribution in [3.63, 3.8) is 0 Å². The van der Waals surface area contributed by atoms with Crippen LogP contribution in [-0.4, -0.2) is 43.5 Å². The molecule has 7 nitrogen and oxygen atoms in total. The molecular weight excluding hydrogens is 376 g/mol. The second kappa shape index (κ2) is 7.94. The monoisotopic (exact) mass is 406 g/mol. The fourth-order valence-electron chi connectivity index (χ4n) is 5.99. The Kier molecular flexibility index (Phi) is 5.90. The van der Waals surface area contributed by atoms with Gasteiger partial charge in [0.05, 0.1) is 25.0 Å². The van der Waals surface area contributed by atoms with Gasteiger partial charge in [0, 0.05) is 11.6 Å². The summed E-state index contributed by atoms with van der Waals surface area (Å²) >= 11 is 0. The van der Waals surface area contributed by atoms with Gasteiger partial charge in [0.2, 0.25) is 6.29 Å². The van der Waals surface area contributed by atoms with Gasteiger partial charge in [-0.05, 0) is 57.3 Å². The van der Waals surface area contributed by atoms with Crippen molar-refractivity contribution >= 4 is 17.9 Å². The molecule has 0 aromatic carbocycles. The highest BCUT2D eigenvalue weighted by atomic mass is 16.6. The zero-order valence-corrected chi connectivity index (χ0v) is 17.4. The maximum atomic E-state index is 13.2. The van der Waals surface area contributed by atoms with Crippen molar-refractivity contribution in [1.29, 1.82) is 0 Å². The summed E-state index contributed by atoms with van der Waals surface area (Å²) in [6.45, 7) is 6.13. The fraction of sp³-hybridized carbons (Fsp3) is 0.682. The highest BCUT2D eigenvalue weighted by molar-refractivity contribution is 5.85. The first-order valence-electron chi connectivity index (χ1n) is 10.1. The number of rotatable bonds is 5. The minimum Gasteiger partial charge on any atom is -0.469 e. The molecule has 0 aromatic rings. The van der Waals surface area contributed by atoms with Crippen LogP contribution in [0, 0.1) is 22.7 Å². The number of hydrogen-bond donors (Lipinski definition) is 1. The third-order valence-corrected chi connectivity index (χ3v) is 7.33. The molecule has 5 atom stereocenters. The molecule has 2 fully saturated rings. The second-order valence-corrected chi connectivity index (χ2v) is 8.64. The van der Waals surface area contributed by atoms with E-state index in [2.05, 4.69) is 6.58 Å². The zero-order valence-electron chi connectivity index (χ0n) is 17.4. The predicted octanol–water partition coefficient (Wildman–Crippen LogP) is 2.67. The summed E-state index contributed by atoms with van der Waals surface area (Å²) in [5.41, 5.74) is -0.205. The fourth-order valence-corrected chi connectivity index (χ4v) is 5.99. The summed E-state index contributed by atoms with van der Waals surface area (Å²) in [5.74, 6) is -1.63. The normalized spacial score (nSPS) is 36.7. The number of esters is 3. The van der Waals surface area contributed by atoms with Crippen molar-refractivity contribution in [2.24, 2.45) is 22.7 Å². The smallest absolute Gasteiger partial charge is 0.333 e. The van der Waals surface area contributed by atoms with E-state index >= 15 is 0 Å². The van der Waals surface area contributed by atoms with E-state index in [1.807, 2.05) is 6.92 Å². The van der Waals surface area contributed by atoms with Gasteiger partial charge in [-0.1, -0.05) is 18.6 Å². The molecule has 1 heterocycles. The maximum absolute atomic E-state index is 13.2. The van der Waals surface area contributed by atoms with Crippen LogP contribution in [0.25, 0.3) is 0 Å². The van der Waals surface area contributed by atoms with Crippen molar-refractivity contribution in [2.45, 2.75) is 58.2 Å². The molecule has 0 amide bonds. The molecule has 2 saturated carbocycles. The van der Waals surface area contributed by atoms with Crippen molar-refractivity contribution in [2.75, 3.05) is 14.2 Å². The minimum atomic E-state index is -1.24. The number of methoxy groups -OCH3 is 2. The number of carbonyl (C=O) groups is 3. The van der Waals surface area contributed by atoms with Crippen LogP contribution >= 0.6 is 0 Å². The van der Waals surface area contributed by atoms with Crippen LogP contribution in [-0.2, 0) is 28.6 Å². The largest absolute Gasteiger partial charge is 0.469 e. The summed E-state index contributed by atoms with van der Waals surface area (Å²) in [6, 6.07) is 0. The van der Waals surface area contributed by atoms with Crippen LogP contribution in [0.5, 0.6) is 0 Å². The topological polar surface area (TPSA) is 99.1 Å². The van der Waals surface area contributed by atoms with E-state index < -0.39 is 23.1 Å². The first-order valence-corrected chi connectivity index (χ1v) is 10.1. The Balaban J connectivity index is 1.98. The molecule has 0 radical (unpaired) electrons. The van der Waals surface area contributed by atoms with Crippen LogP contribution < -0.4 is 0 Å². The number of allylic oxidation sites excluding steroid dienone is 1. The van der Waals surface area contributed by atoms with Crippen molar-refractivity contribution in [3.05, 3.63) is 23.8 Å². The number of aliphatic hydroxyl groups excluding tert-OH is 1. The van der Waals surface area contributed by atoms with Crippen LogP contribution in [0.2, 0.25) is 0 Å². The lowest BCUT2D eigenvalue weighted by molar-refractivity contribution is -0.185. The molecule has 0 saturated heterocycles. The Morgan fingerprint density at radius 1 is 1.28 bits per heavy atom. The van der Waals surface area contributed by atoms with Crippen LogP contribution in [0.3, 0.4) is 0 Å². The van der Waals surface area contributed by atoms with Gasteiger partial charge in [0.25, 0.3) is 0 Å². The summed E-state index contributed by atoms with van der Waals surface area (Å²) in [4.78, 5) is 37.4. The molecule has 5 unspecified atom stereocenters. The average molecular weight is 406 g/mol. The molecule has 0 spiro atoms. The molecule has 2 aliphatic carbocycles. The Labute approximate surface area is 171 Å². The first kappa shape index (κ1) is 21.6. The molecular formula is C22H30O7. The number of aliphatic hydroxyl groups is 1. The molecule has 0 bridgehead atoms. The minimum absolute atomic E-state index is 0.221. The third kappa shape index (κ3) is 3.39. The Hall–Kier alpha value is -2.15. The second-order valence-electron chi connectivity index (χ2n) is 8.64. The Morgan fingerprint density at radius 2 is 1.97 bits per heavy atom. The molecule has 1 aliphatic heterocycles. The van der Waals surface area contributed by atoms with E-state index in [0.29, 0.717) is 50.5 Å². The van der Waals surface area contributed by atoms with Crippen LogP contribution in [0.4, 0.5) is 0 Å². The Bertz CT molecular complexity index is 754. The van der Waals surface area contributed by atoms with Gasteiger partial charge < -0.3 is 19.3 Å². The molecule has 160 valence electrons. The lowest BCUT2D eigenvalue weighted by atomic mass is 9.45. The summed E-state index contributed by atoms with van der Waals surface area (Å²) in [5, 5.41) is 9.91. The van der Waals surface area contributed by atoms with Crippen molar-refractivity contribution in [3.8, 4) is 0 Å². The molecule has 7 heteroatoms. The molecule has 3 rings (SSSR count). The van der Waals surface area contributed by atoms with E-state index in [4.69, 9.17) is 14.2 Å². The van der Waals surface area contributed by atoms with Gasteiger partial charge in [0.15, 0.2) is 0 Å². The number of hydrogen-bond acceptors (Lipinski definition) is 7. The molecule has 3 aliphatic rings. The van der Waals surface area contributed by atoms with E-state index in [1.54, 1.807) is 0 Å². The van der Waals surface area contributed by atoms with Crippen molar-refractivity contribution < 1.29 is 33.7 Å². The number of ether oxygens (including phenoxy) is 3. The summed E-state index contributed by atoms with van der Waals surface area (Å²) < 4.78 is 15.2. The SMILES string of the molecule is C=C1CCC2C(C)(C(=O)OC)CCCC2(C(=O)OC)C1CCC1=CC(=O)OC1O. The van der Waals surface area contributed by atoms with Crippen LogP contribution in [0.1, 0.15) is 51.9 Å². The van der Waals surface area contributed by atoms with Gasteiger partial charge in [-0.15, -0.1) is 0 Å². The van der Waals surface area contributed by atoms with Crippen molar-refractivity contribution in [1.82, 2.24) is 0 Å². The van der Waals surface area contributed by atoms with E-state index in [-0.39, 0.29) is 23.8 Å². The van der Waals surface area contributed by atoms with E-state index in [0.717, 1.165) is 5.57 Å². The average Bonchev–Trinajstić information content (AvgIpc) is 3.02. The summed E-state index contributed by atoms with van der Waals surface area (Å²) in [6.07, 6.45) is 4.33. The van der Waals surface area contributed by atoms with Gasteiger partial charge in [-0.25, -0.2) is 4.79 Å². The number of fused-ring (bicyclic) bond motifs is 1. The lowest BCUT2D eigenvalue weighted by Gasteiger charge is -2.56. The van der Waals surface area contributed by atoms with Gasteiger partial charge in [0.1, 0.15) is 0 Å². The van der Waals surface area contributed by atoms with E-state index in [1.165, 1.54) is 20.3 Å². The highest BCUT2D eigenvalue weighted by Crippen LogP contribution is 2.63. The third-order valence-electron chi connectivity index (χ3n) is 7.33. The highest BCUT2D eigenvalue weighted by Gasteiger charge is 2.64. The molecule has 1 N–H and O–H groups in total. The number of cyclic esters (lactones) is 1. The van der Waals surface area contributed by atoms with Gasteiger partial charge in [-0.2, -0.15) is 0 Å². The summed E-state index contributed by atoms with van der Waals surface area (Å²) in [7, 11) is 2.76. The first-order chi connectivity index (χ1) is 13.7. The zero-order chi connectivity index (χ0) is 21.4. The maximum Gasteiger partial charge on any atom is 0.333 e. The van der Waals surface area contributed by atoms with Gasteiger partial charge >= 0.3 is 17.9 Å².